The van der Waals surface area contributed by atoms with E-state index in [2.05, 4.69) is 16.6 Å². The number of hydrogen-bond donors (Lipinski definition) is 2. The number of ether oxygens (including phenoxy) is 1. The Morgan fingerprint density at radius 3 is 3.08 bits per heavy atom. The number of amides is 1. The van der Waals surface area contributed by atoms with Crippen molar-refractivity contribution in [3.63, 3.8) is 0 Å². The molecular formula is C17H15FN4O3S. The monoisotopic (exact) mass is 374 g/mol. The van der Waals surface area contributed by atoms with Crippen LogP contribution in [-0.4, -0.2) is 27.3 Å². The number of nitriles is 1. The van der Waals surface area contributed by atoms with Crippen molar-refractivity contribution in [2.75, 3.05) is 11.9 Å². The summed E-state index contributed by atoms with van der Waals surface area (Å²) in [6, 6.07) is 5.09. The Hall–Kier alpha value is -2.96. The second kappa shape index (κ2) is 7.11. The third-order valence-corrected chi connectivity index (χ3v) is 5.02. The number of anilines is 1. The Labute approximate surface area is 151 Å². The van der Waals surface area contributed by atoms with Crippen LogP contribution in [0.2, 0.25) is 0 Å². The van der Waals surface area contributed by atoms with E-state index >= 15 is 0 Å². The van der Waals surface area contributed by atoms with Gasteiger partial charge in [-0.2, -0.15) is 5.26 Å². The largest absolute Gasteiger partial charge is 0.488 e. The first-order valence-electron chi connectivity index (χ1n) is 7.58. The lowest BCUT2D eigenvalue weighted by Gasteiger charge is -2.12. The Kier molecular flexibility index (Phi) is 4.88. The lowest BCUT2D eigenvalue weighted by molar-refractivity contribution is 0.101. The molecule has 2 heterocycles. The van der Waals surface area contributed by atoms with Gasteiger partial charge in [-0.25, -0.2) is 13.3 Å². The van der Waals surface area contributed by atoms with Crippen molar-refractivity contribution in [3.05, 3.63) is 54.1 Å². The smallest absolute Gasteiger partial charge is 0.276 e. The molecule has 9 heteroatoms. The van der Waals surface area contributed by atoms with Gasteiger partial charge in [-0.05, 0) is 18.2 Å². The van der Waals surface area contributed by atoms with Gasteiger partial charge in [-0.3, -0.25) is 4.79 Å². The number of carbonyl (C=O) groups is 1. The van der Waals surface area contributed by atoms with Gasteiger partial charge in [0, 0.05) is 18.9 Å². The van der Waals surface area contributed by atoms with Crippen molar-refractivity contribution >= 4 is 22.6 Å². The second-order valence-corrected chi connectivity index (χ2v) is 6.80. The third kappa shape index (κ3) is 3.24. The molecule has 1 aromatic heterocycles. The SMILES string of the molecule is C=CC1COc2c(cn(C)c2C(=O)Nc2ccc(F)c(C#N)c2)S(=O)N1. The molecule has 7 nitrogen and oxygen atoms in total. The maximum absolute atomic E-state index is 13.4. The van der Waals surface area contributed by atoms with Crippen LogP contribution >= 0.6 is 0 Å². The van der Waals surface area contributed by atoms with Gasteiger partial charge in [0.1, 0.15) is 34.4 Å². The summed E-state index contributed by atoms with van der Waals surface area (Å²) in [5, 5.41) is 11.5. The molecule has 2 atom stereocenters. The number of halogens is 1. The molecule has 0 fully saturated rings. The Balaban J connectivity index is 1.93. The molecule has 0 aliphatic carbocycles. The fourth-order valence-electron chi connectivity index (χ4n) is 2.51. The molecule has 1 amide bonds. The average Bonchev–Trinajstić information content (AvgIpc) is 2.88. The van der Waals surface area contributed by atoms with Crippen molar-refractivity contribution in [2.24, 2.45) is 7.05 Å². The van der Waals surface area contributed by atoms with E-state index in [-0.39, 0.29) is 35.3 Å². The summed E-state index contributed by atoms with van der Waals surface area (Å²) in [4.78, 5) is 13.0. The minimum atomic E-state index is -1.56. The summed E-state index contributed by atoms with van der Waals surface area (Å²) in [7, 11) is 0.0626. The number of hydrogen-bond acceptors (Lipinski definition) is 4. The number of nitrogens with one attached hydrogen (secondary N) is 2. The molecule has 0 bridgehead atoms. The Bertz CT molecular complexity index is 964. The molecule has 1 aliphatic rings. The summed E-state index contributed by atoms with van der Waals surface area (Å²) in [5.41, 5.74) is 0.256. The average molecular weight is 374 g/mol. The molecule has 1 aromatic carbocycles. The molecule has 2 N–H and O–H groups in total. The highest BCUT2D eigenvalue weighted by Gasteiger charge is 2.29. The van der Waals surface area contributed by atoms with E-state index in [4.69, 9.17) is 10.00 Å². The number of fused-ring (bicyclic) bond motifs is 1. The van der Waals surface area contributed by atoms with E-state index in [9.17, 15) is 13.4 Å². The van der Waals surface area contributed by atoms with Gasteiger partial charge >= 0.3 is 0 Å². The van der Waals surface area contributed by atoms with E-state index in [0.717, 1.165) is 6.07 Å². The van der Waals surface area contributed by atoms with Crippen LogP contribution in [0, 0.1) is 17.1 Å². The van der Waals surface area contributed by atoms with Crippen LogP contribution in [0.15, 0.2) is 41.9 Å². The van der Waals surface area contributed by atoms with Gasteiger partial charge in [0.05, 0.1) is 11.6 Å². The van der Waals surface area contributed by atoms with Gasteiger partial charge < -0.3 is 14.6 Å². The van der Waals surface area contributed by atoms with Gasteiger partial charge in [-0.15, -0.1) is 6.58 Å². The maximum Gasteiger partial charge on any atom is 0.276 e. The third-order valence-electron chi connectivity index (χ3n) is 3.81. The van der Waals surface area contributed by atoms with Crippen LogP contribution in [0.4, 0.5) is 10.1 Å². The van der Waals surface area contributed by atoms with Crippen LogP contribution < -0.4 is 14.8 Å². The molecule has 3 rings (SSSR count). The fraction of sp³-hybridized carbons (Fsp3) is 0.176. The topological polar surface area (TPSA) is 96.2 Å². The summed E-state index contributed by atoms with van der Waals surface area (Å²) < 4.78 is 35.8. The predicted molar refractivity (Wildman–Crippen MR) is 93.5 cm³/mol. The number of benzene rings is 1. The van der Waals surface area contributed by atoms with E-state index in [1.165, 1.54) is 16.7 Å². The zero-order chi connectivity index (χ0) is 18.8. The predicted octanol–water partition coefficient (Wildman–Crippen LogP) is 1.85. The molecule has 134 valence electrons. The second-order valence-electron chi connectivity index (χ2n) is 5.58. The minimum Gasteiger partial charge on any atom is -0.488 e. The molecule has 0 saturated heterocycles. The quantitative estimate of drug-likeness (QED) is 0.802. The zero-order valence-electron chi connectivity index (χ0n) is 13.8. The normalized spacial score (nSPS) is 18.8. The summed E-state index contributed by atoms with van der Waals surface area (Å²) in [5.74, 6) is -0.986. The number of rotatable bonds is 3. The standard InChI is InChI=1S/C17H15FN4O3S/c1-3-11-9-25-16-14(26(24)21-11)8-22(2)15(16)17(23)20-12-4-5-13(18)10(6-12)7-19/h3-6,8,11,21H,1,9H2,2H3,(H,20,23). The van der Waals surface area contributed by atoms with E-state index in [1.54, 1.807) is 25.4 Å². The molecule has 1 aliphatic heterocycles. The Morgan fingerprint density at radius 2 is 2.38 bits per heavy atom. The Morgan fingerprint density at radius 1 is 1.62 bits per heavy atom. The van der Waals surface area contributed by atoms with Crippen molar-refractivity contribution in [2.45, 2.75) is 10.9 Å². The molecule has 0 saturated carbocycles. The molecule has 2 aromatic rings. The molecule has 0 spiro atoms. The lowest BCUT2D eigenvalue weighted by Crippen LogP contribution is -2.31. The first-order chi connectivity index (χ1) is 12.4. The summed E-state index contributed by atoms with van der Waals surface area (Å²) in [6.07, 6.45) is 3.12. The number of nitrogens with zero attached hydrogens (tertiary/aromatic N) is 2. The van der Waals surface area contributed by atoms with Crippen molar-refractivity contribution in [1.82, 2.24) is 9.29 Å². The number of aryl methyl sites for hydroxylation is 1. The number of carbonyl (C=O) groups excluding carboxylic acids is 1. The van der Waals surface area contributed by atoms with E-state index in [0.29, 0.717) is 4.90 Å². The zero-order valence-corrected chi connectivity index (χ0v) is 14.6. The van der Waals surface area contributed by atoms with E-state index in [1.807, 2.05) is 0 Å². The number of aromatic nitrogens is 1. The van der Waals surface area contributed by atoms with Crippen LogP contribution in [0.5, 0.6) is 5.75 Å². The van der Waals surface area contributed by atoms with Gasteiger partial charge in [0.15, 0.2) is 11.4 Å². The van der Waals surface area contributed by atoms with Crippen molar-refractivity contribution < 1.29 is 18.1 Å². The summed E-state index contributed by atoms with van der Waals surface area (Å²) in [6.45, 7) is 3.81. The highest BCUT2D eigenvalue weighted by Crippen LogP contribution is 2.31. The minimum absolute atomic E-state index is 0.168. The molecule has 2 unspecified atom stereocenters. The molecule has 26 heavy (non-hydrogen) atoms. The highest BCUT2D eigenvalue weighted by molar-refractivity contribution is 7.83. The fourth-order valence-corrected chi connectivity index (χ4v) is 3.66. The van der Waals surface area contributed by atoms with Crippen LogP contribution in [0.25, 0.3) is 0 Å². The molecule has 0 radical (unpaired) electrons. The van der Waals surface area contributed by atoms with Crippen LogP contribution in [0.3, 0.4) is 0 Å². The van der Waals surface area contributed by atoms with Gasteiger partial charge in [0.25, 0.3) is 5.91 Å². The van der Waals surface area contributed by atoms with Crippen LogP contribution in [0.1, 0.15) is 16.1 Å². The first kappa shape index (κ1) is 17.8. The maximum atomic E-state index is 13.4. The van der Waals surface area contributed by atoms with E-state index < -0.39 is 22.7 Å². The van der Waals surface area contributed by atoms with Crippen molar-refractivity contribution in [3.8, 4) is 11.8 Å². The molecular weight excluding hydrogens is 359 g/mol. The first-order valence-corrected chi connectivity index (χ1v) is 8.73. The van der Waals surface area contributed by atoms with Crippen LogP contribution in [-0.2, 0) is 18.0 Å². The van der Waals surface area contributed by atoms with Gasteiger partial charge in [-0.1, -0.05) is 6.08 Å². The van der Waals surface area contributed by atoms with Crippen molar-refractivity contribution in [1.29, 1.82) is 5.26 Å². The van der Waals surface area contributed by atoms with Gasteiger partial charge in [0.2, 0.25) is 0 Å². The lowest BCUT2D eigenvalue weighted by atomic mass is 10.2. The summed E-state index contributed by atoms with van der Waals surface area (Å²) >= 11 is 0. The highest BCUT2D eigenvalue weighted by atomic mass is 32.2.